The van der Waals surface area contributed by atoms with Gasteiger partial charge in [-0.15, -0.1) is 0 Å². The summed E-state index contributed by atoms with van der Waals surface area (Å²) in [5.74, 6) is -0.331. The zero-order valence-electron chi connectivity index (χ0n) is 8.34. The number of aliphatic hydroxyl groups is 1. The summed E-state index contributed by atoms with van der Waals surface area (Å²) in [6.07, 6.45) is -0.681. The lowest BCUT2D eigenvalue weighted by Crippen LogP contribution is -2.00. The Labute approximate surface area is 96.5 Å². The van der Waals surface area contributed by atoms with E-state index in [1.165, 1.54) is 12.1 Å². The molecule has 0 aliphatic rings. The van der Waals surface area contributed by atoms with Crippen molar-refractivity contribution in [1.29, 1.82) is 0 Å². The molecule has 0 fully saturated rings. The minimum absolute atomic E-state index is 0.153. The monoisotopic (exact) mass is 274 g/mol. The molecule has 4 heteroatoms. The van der Waals surface area contributed by atoms with Crippen molar-refractivity contribution in [2.24, 2.45) is 0 Å². The lowest BCUT2D eigenvalue weighted by atomic mass is 10.1. The Morgan fingerprint density at radius 3 is 2.80 bits per heavy atom. The predicted molar refractivity (Wildman–Crippen MR) is 60.6 cm³/mol. The highest BCUT2D eigenvalue weighted by molar-refractivity contribution is 9.11. The van der Waals surface area contributed by atoms with Crippen molar-refractivity contribution in [3.63, 3.8) is 0 Å². The first-order valence-corrected chi connectivity index (χ1v) is 5.23. The lowest BCUT2D eigenvalue weighted by molar-refractivity contribution is 0.198. The molecule has 0 aromatic heterocycles. The normalized spacial score (nSPS) is 12.3. The second-order valence-corrected chi connectivity index (χ2v) is 4.29. The van der Waals surface area contributed by atoms with Crippen molar-refractivity contribution >= 4 is 15.9 Å². The van der Waals surface area contributed by atoms with E-state index in [0.29, 0.717) is 10.0 Å². The molecule has 0 aliphatic carbocycles. The first-order chi connectivity index (χ1) is 7.00. The maximum Gasteiger partial charge on any atom is 0.165 e. The topological polar surface area (TPSA) is 29.5 Å². The second kappa shape index (κ2) is 5.28. The summed E-state index contributed by atoms with van der Waals surface area (Å²) in [4.78, 5) is 0. The fraction of sp³-hybridized carbons (Fsp3) is 0.273. The van der Waals surface area contributed by atoms with Crippen LogP contribution in [0.4, 0.5) is 4.39 Å². The van der Waals surface area contributed by atoms with Gasteiger partial charge in [-0.3, -0.25) is 0 Å². The molecule has 0 saturated heterocycles. The third kappa shape index (κ3) is 3.64. The van der Waals surface area contributed by atoms with Crippen LogP contribution in [0.1, 0.15) is 18.6 Å². The first kappa shape index (κ1) is 12.2. The molecule has 82 valence electrons. The van der Waals surface area contributed by atoms with Crippen LogP contribution in [0.25, 0.3) is 0 Å². The number of hydrogen-bond donors (Lipinski definition) is 1. The van der Waals surface area contributed by atoms with Gasteiger partial charge in [0.1, 0.15) is 6.61 Å². The Balaban J connectivity index is 2.79. The molecule has 2 nitrogen and oxygen atoms in total. The van der Waals surface area contributed by atoms with Crippen molar-refractivity contribution in [2.45, 2.75) is 13.0 Å². The van der Waals surface area contributed by atoms with Crippen LogP contribution >= 0.6 is 15.9 Å². The summed E-state index contributed by atoms with van der Waals surface area (Å²) in [6.45, 7) is 5.37. The smallest absolute Gasteiger partial charge is 0.165 e. The highest BCUT2D eigenvalue weighted by Crippen LogP contribution is 2.22. The summed E-state index contributed by atoms with van der Waals surface area (Å²) in [6, 6.07) is 4.38. The summed E-state index contributed by atoms with van der Waals surface area (Å²) in [5.41, 5.74) is 0.525. The van der Waals surface area contributed by atoms with Gasteiger partial charge in [0.25, 0.3) is 0 Å². The van der Waals surface area contributed by atoms with E-state index in [9.17, 15) is 9.50 Å². The molecule has 0 spiro atoms. The molecule has 1 N–H and O–H groups in total. The zero-order valence-corrected chi connectivity index (χ0v) is 9.92. The highest BCUT2D eigenvalue weighted by Gasteiger charge is 2.07. The van der Waals surface area contributed by atoms with Gasteiger partial charge in [0.15, 0.2) is 11.6 Å². The Hall–Kier alpha value is -0.870. The van der Waals surface area contributed by atoms with Gasteiger partial charge in [-0.1, -0.05) is 28.6 Å². The van der Waals surface area contributed by atoms with Gasteiger partial charge in [-0.25, -0.2) is 4.39 Å². The van der Waals surface area contributed by atoms with Gasteiger partial charge in [-0.05, 0) is 24.6 Å². The van der Waals surface area contributed by atoms with Gasteiger partial charge >= 0.3 is 0 Å². The fourth-order valence-electron chi connectivity index (χ4n) is 1.05. The van der Waals surface area contributed by atoms with E-state index < -0.39 is 11.9 Å². The minimum Gasteiger partial charge on any atom is -0.485 e. The number of hydrogen-bond acceptors (Lipinski definition) is 2. The van der Waals surface area contributed by atoms with Gasteiger partial charge in [0.2, 0.25) is 0 Å². The van der Waals surface area contributed by atoms with Gasteiger partial charge < -0.3 is 9.84 Å². The van der Waals surface area contributed by atoms with Crippen LogP contribution in [0.15, 0.2) is 29.3 Å². The molecule has 0 bridgehead atoms. The molecule has 0 aliphatic heterocycles. The third-order valence-corrected chi connectivity index (χ3v) is 2.05. The summed E-state index contributed by atoms with van der Waals surface area (Å²) >= 11 is 3.11. The molecule has 1 atom stereocenters. The molecule has 1 rings (SSSR count). The molecular weight excluding hydrogens is 263 g/mol. The molecular formula is C11H12BrFO2. The van der Waals surface area contributed by atoms with Crippen molar-refractivity contribution < 1.29 is 14.2 Å². The van der Waals surface area contributed by atoms with E-state index in [1.54, 1.807) is 13.0 Å². The molecule has 1 aromatic carbocycles. The standard InChI is InChI=1S/C11H12BrFO2/c1-7(12)6-15-11-4-3-9(8(2)14)5-10(11)13/h3-5,8,14H,1,6H2,2H3/t8-/m0/s1. The van der Waals surface area contributed by atoms with Crippen LogP contribution < -0.4 is 4.74 Å². The molecule has 0 heterocycles. The Morgan fingerprint density at radius 2 is 2.33 bits per heavy atom. The van der Waals surface area contributed by atoms with E-state index in [0.717, 1.165) is 0 Å². The Morgan fingerprint density at radius 1 is 1.67 bits per heavy atom. The van der Waals surface area contributed by atoms with E-state index >= 15 is 0 Å². The third-order valence-electron chi connectivity index (χ3n) is 1.82. The average molecular weight is 275 g/mol. The summed E-state index contributed by atoms with van der Waals surface area (Å²) < 4.78 is 19.1. The van der Waals surface area contributed by atoms with Crippen LogP contribution in [-0.4, -0.2) is 11.7 Å². The predicted octanol–water partition coefficient (Wildman–Crippen LogP) is 3.17. The lowest BCUT2D eigenvalue weighted by Gasteiger charge is -2.09. The maximum atomic E-state index is 13.4. The van der Waals surface area contributed by atoms with Crippen molar-refractivity contribution in [2.75, 3.05) is 6.61 Å². The van der Waals surface area contributed by atoms with E-state index in [4.69, 9.17) is 4.74 Å². The maximum absolute atomic E-state index is 13.4. The quantitative estimate of drug-likeness (QED) is 0.914. The minimum atomic E-state index is -0.681. The zero-order chi connectivity index (χ0) is 11.4. The highest BCUT2D eigenvalue weighted by atomic mass is 79.9. The van der Waals surface area contributed by atoms with Crippen LogP contribution in [0.3, 0.4) is 0 Å². The van der Waals surface area contributed by atoms with Crippen molar-refractivity contribution in [1.82, 2.24) is 0 Å². The van der Waals surface area contributed by atoms with E-state index in [-0.39, 0.29) is 12.4 Å². The van der Waals surface area contributed by atoms with Crippen LogP contribution in [0, 0.1) is 5.82 Å². The van der Waals surface area contributed by atoms with E-state index in [2.05, 4.69) is 22.5 Å². The second-order valence-electron chi connectivity index (χ2n) is 3.17. The number of rotatable bonds is 4. The number of benzene rings is 1. The first-order valence-electron chi connectivity index (χ1n) is 4.44. The summed E-state index contributed by atoms with van der Waals surface area (Å²) in [7, 11) is 0. The SMILES string of the molecule is C=C(Br)COc1ccc([C@H](C)O)cc1F. The molecule has 0 saturated carbocycles. The Bertz CT molecular complexity index is 364. The molecule has 15 heavy (non-hydrogen) atoms. The van der Waals surface area contributed by atoms with Gasteiger partial charge in [0, 0.05) is 4.48 Å². The van der Waals surface area contributed by atoms with Crippen LogP contribution in [0.5, 0.6) is 5.75 Å². The van der Waals surface area contributed by atoms with E-state index in [1.807, 2.05) is 0 Å². The Kier molecular flexibility index (Phi) is 4.29. The molecule has 0 amide bonds. The number of aliphatic hydroxyl groups excluding tert-OH is 1. The van der Waals surface area contributed by atoms with Crippen molar-refractivity contribution in [3.05, 3.63) is 40.6 Å². The fourth-order valence-corrected chi connectivity index (χ4v) is 1.16. The largest absolute Gasteiger partial charge is 0.485 e. The van der Waals surface area contributed by atoms with Crippen LogP contribution in [0.2, 0.25) is 0 Å². The number of ether oxygens (including phenoxy) is 1. The molecule has 0 radical (unpaired) electrons. The van der Waals surface area contributed by atoms with Crippen molar-refractivity contribution in [3.8, 4) is 5.75 Å². The average Bonchev–Trinajstić information content (AvgIpc) is 2.15. The molecule has 1 aromatic rings. The summed E-state index contributed by atoms with van der Waals surface area (Å²) in [5, 5.41) is 9.23. The van der Waals surface area contributed by atoms with Gasteiger partial charge in [0.05, 0.1) is 6.10 Å². The molecule has 0 unspecified atom stereocenters. The van der Waals surface area contributed by atoms with Crippen LogP contribution in [-0.2, 0) is 0 Å². The van der Waals surface area contributed by atoms with Gasteiger partial charge in [-0.2, -0.15) is 0 Å². The number of halogens is 2.